The van der Waals surface area contributed by atoms with Gasteiger partial charge in [0.1, 0.15) is 0 Å². The predicted molar refractivity (Wildman–Crippen MR) is 484 cm³/mol. The lowest BCUT2D eigenvalue weighted by molar-refractivity contribution is -0.150. The molecule has 0 aromatic carbocycles. The van der Waals surface area contributed by atoms with E-state index < -0.39 is 68.9 Å². The number of esters is 7. The van der Waals surface area contributed by atoms with Gasteiger partial charge in [0.25, 0.3) is 0 Å². The molecule has 1 N–H and O–H groups in total. The molecule has 0 spiro atoms. The van der Waals surface area contributed by atoms with Crippen molar-refractivity contribution in [2.75, 3.05) is 46.2 Å². The standard InChI is InChI=1S/C101H172N4O14/c1-16-23-30-37-44-51-66-113-85(106)61-58-79-83-74-84-97(10,11)80(59-62-86(107)114-67-52-45-38-31-24-17-2)92(103-84)77(8)94-98(12,65-64-88(109)116-69-54-47-40-33-26-19-4)82(73-89(110)117-70-55-48-41-34-27-20-5)96(104-94)101(15)100(14,76-91(112)119-72-57-50-43-36-29-22-7)81(60-63-87(108)115-68-53-46-39-32-25-18-3)93(105-101)78(9)95(102-83)99(79,13)75-90(111)118-71-56-49-42-35-28-21-6/h74,79-82,96,102H,16-73,75-76H2,1-15H3/b83-74-,92-77?,95-78-. The second kappa shape index (κ2) is 57.0. The lowest BCUT2D eigenvalue weighted by Gasteiger charge is -2.48. The van der Waals surface area contributed by atoms with E-state index in [1.165, 1.54) is 12.8 Å². The van der Waals surface area contributed by atoms with Crippen molar-refractivity contribution in [3.63, 3.8) is 0 Å². The number of carbonyl (C=O) groups is 7. The Kier molecular flexibility index (Phi) is 49.7. The van der Waals surface area contributed by atoms with Gasteiger partial charge in [-0.3, -0.25) is 48.5 Å². The Morgan fingerprint density at radius 2 is 0.697 bits per heavy atom. The van der Waals surface area contributed by atoms with Gasteiger partial charge in [-0.2, -0.15) is 0 Å². The van der Waals surface area contributed by atoms with Gasteiger partial charge in [-0.15, -0.1) is 0 Å². The molecule has 1 fully saturated rings. The fraction of sp³-hybridized carbons (Fsp3) is 0.842. The third-order valence-corrected chi connectivity index (χ3v) is 27.6. The highest BCUT2D eigenvalue weighted by atomic mass is 16.6. The number of aliphatic imine (C=N–C) groups is 3. The molecule has 5 aliphatic heterocycles. The zero-order chi connectivity index (χ0) is 87.0. The number of rotatable bonds is 67. The van der Waals surface area contributed by atoms with Gasteiger partial charge in [-0.1, -0.05) is 308 Å². The van der Waals surface area contributed by atoms with Gasteiger partial charge >= 0.3 is 41.8 Å². The summed E-state index contributed by atoms with van der Waals surface area (Å²) in [6.45, 7) is 34.2. The second-order valence-electron chi connectivity index (χ2n) is 37.6. The Hall–Kier alpha value is -5.68. The van der Waals surface area contributed by atoms with E-state index in [0.29, 0.717) is 60.9 Å². The van der Waals surface area contributed by atoms with Crippen LogP contribution >= 0.6 is 0 Å². The Labute approximate surface area is 723 Å². The molecule has 9 unspecified atom stereocenters. The zero-order valence-corrected chi connectivity index (χ0v) is 78.4. The molecular weight excluding hydrogens is 1490 g/mol. The number of fused-ring (bicyclic) bond motifs is 6. The van der Waals surface area contributed by atoms with E-state index in [9.17, 15) is 19.2 Å². The lowest BCUT2D eigenvalue weighted by Crippen LogP contribution is -2.55. The molecule has 5 rings (SSSR count). The molecule has 18 nitrogen and oxygen atoms in total. The molecule has 1 saturated heterocycles. The van der Waals surface area contributed by atoms with Gasteiger partial charge in [0.05, 0.1) is 77.1 Å². The fourth-order valence-electron chi connectivity index (χ4n) is 19.6. The summed E-state index contributed by atoms with van der Waals surface area (Å²) in [4.78, 5) is 123. The number of hydrogen-bond acceptors (Lipinski definition) is 18. The van der Waals surface area contributed by atoms with E-state index >= 15 is 14.4 Å². The SMILES string of the molecule is CCCCCCCCOC(=O)CCC1C2=C(C)C3=NC(C(CC(=O)OCCCCCCCC)C3(C)CCC(=O)OCCCCCCCC)C3(C)N=C(/C(C)=C4\N/C(=C\C(=N2)C1(C)C)C(CCC(=O)OCCCCCCCC)C4(C)CC(=O)OCCCCCCCC)C(CCC(=O)OCCCCCCCC)C3(C)CC(=O)OCCCCCCCC. The molecule has 0 aromatic heterocycles. The van der Waals surface area contributed by atoms with E-state index in [0.717, 1.165) is 261 Å². The van der Waals surface area contributed by atoms with E-state index in [2.05, 4.69) is 108 Å². The van der Waals surface area contributed by atoms with Crippen LogP contribution in [-0.2, 0) is 66.7 Å². The first-order valence-electron chi connectivity index (χ1n) is 49.1. The highest BCUT2D eigenvalue weighted by Crippen LogP contribution is 2.63. The molecule has 0 radical (unpaired) electrons. The summed E-state index contributed by atoms with van der Waals surface area (Å²) in [6, 6.07) is -0.908. The van der Waals surface area contributed by atoms with Gasteiger partial charge in [0, 0.05) is 105 Å². The zero-order valence-electron chi connectivity index (χ0n) is 78.4. The van der Waals surface area contributed by atoms with Gasteiger partial charge in [0.2, 0.25) is 0 Å². The normalized spacial score (nSPS) is 24.0. The first-order chi connectivity index (χ1) is 57.3. The number of carbonyl (C=O) groups excluding carboxylic acids is 7. The third kappa shape index (κ3) is 33.4. The quantitative estimate of drug-likeness (QED) is 0.0339. The van der Waals surface area contributed by atoms with Crippen LogP contribution in [0.4, 0.5) is 0 Å². The molecule has 0 amide bonds. The Morgan fingerprint density at radius 3 is 1.08 bits per heavy atom. The minimum Gasteiger partial charge on any atom is -0.466 e. The average Bonchev–Trinajstić information content (AvgIpc) is 1.53. The van der Waals surface area contributed by atoms with Gasteiger partial charge in [0.15, 0.2) is 0 Å². The first kappa shape index (κ1) is 104. The molecule has 680 valence electrons. The van der Waals surface area contributed by atoms with Crippen molar-refractivity contribution in [2.24, 2.45) is 60.3 Å². The van der Waals surface area contributed by atoms with Crippen LogP contribution in [-0.4, -0.2) is 117 Å². The number of hydrogen-bond donors (Lipinski definition) is 1. The molecule has 5 aliphatic rings. The summed E-state index contributed by atoms with van der Waals surface area (Å²) in [5.74, 6) is -4.90. The molecule has 5 heterocycles. The Balaban J connectivity index is 1.94. The second-order valence-corrected chi connectivity index (χ2v) is 37.6. The maximum Gasteiger partial charge on any atom is 0.306 e. The van der Waals surface area contributed by atoms with E-state index in [1.54, 1.807) is 0 Å². The van der Waals surface area contributed by atoms with Crippen molar-refractivity contribution in [2.45, 2.75) is 456 Å². The molecule has 0 saturated carbocycles. The van der Waals surface area contributed by atoms with Crippen LogP contribution in [0.25, 0.3) is 0 Å². The minimum absolute atomic E-state index is 0.00551. The van der Waals surface area contributed by atoms with Crippen molar-refractivity contribution in [3.05, 3.63) is 34.3 Å². The Bertz CT molecular complexity index is 3240. The summed E-state index contributed by atoms with van der Waals surface area (Å²) in [5.41, 5.74) is -0.0945. The molecule has 119 heavy (non-hydrogen) atoms. The largest absolute Gasteiger partial charge is 0.466 e. The van der Waals surface area contributed by atoms with Crippen LogP contribution in [0.2, 0.25) is 0 Å². The molecule has 18 heteroatoms. The molecule has 0 aliphatic carbocycles. The van der Waals surface area contributed by atoms with Crippen molar-refractivity contribution in [1.29, 1.82) is 0 Å². The summed E-state index contributed by atoms with van der Waals surface area (Å²) in [5, 5.41) is 4.04. The molecule has 8 bridgehead atoms. The van der Waals surface area contributed by atoms with E-state index in [4.69, 9.17) is 48.1 Å². The van der Waals surface area contributed by atoms with Gasteiger partial charge < -0.3 is 38.5 Å². The predicted octanol–water partition coefficient (Wildman–Crippen LogP) is 25.7. The highest BCUT2D eigenvalue weighted by molar-refractivity contribution is 6.10. The van der Waals surface area contributed by atoms with Gasteiger partial charge in [-0.25, -0.2) is 0 Å². The fourth-order valence-corrected chi connectivity index (χ4v) is 19.6. The summed E-state index contributed by atoms with van der Waals surface area (Å²) in [6.07, 6.45) is 46.0. The number of allylic oxidation sites excluding steroid dienone is 6. The number of nitrogens with one attached hydrogen (secondary N) is 1. The van der Waals surface area contributed by atoms with Crippen molar-refractivity contribution < 1.29 is 66.7 Å². The summed E-state index contributed by atoms with van der Waals surface area (Å²) < 4.78 is 43.7. The maximum absolute atomic E-state index is 15.6. The van der Waals surface area contributed by atoms with Crippen molar-refractivity contribution in [1.82, 2.24) is 5.32 Å². The van der Waals surface area contributed by atoms with Crippen LogP contribution in [0.5, 0.6) is 0 Å². The Morgan fingerprint density at radius 1 is 0.370 bits per heavy atom. The lowest BCUT2D eigenvalue weighted by atomic mass is 9.55. The van der Waals surface area contributed by atoms with Crippen molar-refractivity contribution >= 4 is 58.9 Å². The number of unbranched alkanes of at least 4 members (excludes halogenated alkanes) is 35. The van der Waals surface area contributed by atoms with Crippen LogP contribution in [0.15, 0.2) is 49.3 Å². The highest BCUT2D eigenvalue weighted by Gasteiger charge is 2.67. The monoisotopic (exact) mass is 1670 g/mol. The maximum atomic E-state index is 15.6. The van der Waals surface area contributed by atoms with Crippen molar-refractivity contribution in [3.8, 4) is 0 Å². The summed E-state index contributed by atoms with van der Waals surface area (Å²) >= 11 is 0. The molecular formula is C101H172N4O14. The summed E-state index contributed by atoms with van der Waals surface area (Å²) in [7, 11) is 0. The molecule has 9 atom stereocenters. The van der Waals surface area contributed by atoms with Crippen LogP contribution < -0.4 is 5.32 Å². The molecule has 0 aromatic rings. The van der Waals surface area contributed by atoms with Crippen LogP contribution in [0, 0.1) is 45.3 Å². The van der Waals surface area contributed by atoms with Crippen LogP contribution in [0.1, 0.15) is 444 Å². The number of nitrogens with zero attached hydrogens (tertiary/aromatic N) is 3. The first-order valence-corrected chi connectivity index (χ1v) is 49.1. The topological polar surface area (TPSA) is 233 Å². The van der Waals surface area contributed by atoms with E-state index in [-0.39, 0.29) is 127 Å². The third-order valence-electron chi connectivity index (χ3n) is 27.6. The average molecular weight is 1670 g/mol. The van der Waals surface area contributed by atoms with Gasteiger partial charge in [-0.05, 0) is 109 Å². The van der Waals surface area contributed by atoms with E-state index in [1.807, 2.05) is 6.92 Å². The smallest absolute Gasteiger partial charge is 0.306 e. The minimum atomic E-state index is -1.42. The number of ether oxygens (including phenoxy) is 7. The van der Waals surface area contributed by atoms with Crippen LogP contribution in [0.3, 0.4) is 0 Å².